The van der Waals surface area contributed by atoms with Gasteiger partial charge in [0.1, 0.15) is 0 Å². The summed E-state index contributed by atoms with van der Waals surface area (Å²) in [5.41, 5.74) is 1.88. The monoisotopic (exact) mass is 232 g/mol. The van der Waals surface area contributed by atoms with Crippen molar-refractivity contribution in [1.29, 1.82) is 0 Å². The lowest BCUT2D eigenvalue weighted by atomic mass is 10.0. The van der Waals surface area contributed by atoms with Gasteiger partial charge in [0.15, 0.2) is 0 Å². The predicted octanol–water partition coefficient (Wildman–Crippen LogP) is 1.82. The molecule has 1 saturated heterocycles. The molecule has 2 rings (SSSR count). The largest absolute Gasteiger partial charge is 0.331 e. The summed E-state index contributed by atoms with van der Waals surface area (Å²) in [6, 6.07) is 8.31. The van der Waals surface area contributed by atoms with Crippen LogP contribution in [0.15, 0.2) is 24.3 Å². The van der Waals surface area contributed by atoms with E-state index in [2.05, 4.69) is 19.2 Å². The molecule has 1 aromatic rings. The van der Waals surface area contributed by atoms with E-state index in [4.69, 9.17) is 0 Å². The Morgan fingerprint density at radius 2 is 1.82 bits per heavy atom. The maximum absolute atomic E-state index is 12.5. The molecule has 1 fully saturated rings. The van der Waals surface area contributed by atoms with Crippen LogP contribution in [0.1, 0.15) is 29.8 Å². The summed E-state index contributed by atoms with van der Waals surface area (Å²) in [5.74, 6) is 0.157. The van der Waals surface area contributed by atoms with Crippen LogP contribution in [0.5, 0.6) is 0 Å². The Morgan fingerprint density at radius 3 is 2.41 bits per heavy atom. The highest BCUT2D eigenvalue weighted by Crippen LogP contribution is 2.17. The van der Waals surface area contributed by atoms with Gasteiger partial charge in [-0.1, -0.05) is 18.2 Å². The molecule has 0 saturated carbocycles. The van der Waals surface area contributed by atoms with Crippen molar-refractivity contribution >= 4 is 5.91 Å². The van der Waals surface area contributed by atoms with Crippen LogP contribution in [0.2, 0.25) is 0 Å². The molecule has 1 aliphatic rings. The quantitative estimate of drug-likeness (QED) is 0.801. The lowest BCUT2D eigenvalue weighted by Gasteiger charge is -2.39. The second-order valence-corrected chi connectivity index (χ2v) is 4.88. The van der Waals surface area contributed by atoms with Crippen molar-refractivity contribution in [2.45, 2.75) is 32.9 Å². The topological polar surface area (TPSA) is 32.3 Å². The van der Waals surface area contributed by atoms with E-state index in [1.54, 1.807) is 0 Å². The number of piperazine rings is 1. The van der Waals surface area contributed by atoms with Gasteiger partial charge in [0.2, 0.25) is 0 Å². The van der Waals surface area contributed by atoms with E-state index in [0.29, 0.717) is 0 Å². The first-order valence-corrected chi connectivity index (χ1v) is 6.20. The Kier molecular flexibility index (Phi) is 3.48. The minimum atomic E-state index is 0.157. The maximum atomic E-state index is 12.5. The maximum Gasteiger partial charge on any atom is 0.254 e. The smallest absolute Gasteiger partial charge is 0.254 e. The van der Waals surface area contributed by atoms with Crippen molar-refractivity contribution in [3.8, 4) is 0 Å². The Labute approximate surface area is 103 Å². The van der Waals surface area contributed by atoms with Crippen LogP contribution >= 0.6 is 0 Å². The average molecular weight is 232 g/mol. The van der Waals surface area contributed by atoms with Crippen LogP contribution < -0.4 is 5.32 Å². The molecule has 1 N–H and O–H groups in total. The van der Waals surface area contributed by atoms with E-state index in [9.17, 15) is 4.79 Å². The molecule has 17 heavy (non-hydrogen) atoms. The molecule has 0 aliphatic carbocycles. The van der Waals surface area contributed by atoms with Crippen LogP contribution in [0.25, 0.3) is 0 Å². The molecule has 0 aromatic heterocycles. The molecule has 0 radical (unpaired) electrons. The number of nitrogens with one attached hydrogen (secondary N) is 1. The van der Waals surface area contributed by atoms with Crippen molar-refractivity contribution in [3.63, 3.8) is 0 Å². The van der Waals surface area contributed by atoms with Gasteiger partial charge < -0.3 is 10.2 Å². The van der Waals surface area contributed by atoms with E-state index < -0.39 is 0 Å². The molecule has 1 aliphatic heterocycles. The first-order valence-electron chi connectivity index (χ1n) is 6.20. The summed E-state index contributed by atoms with van der Waals surface area (Å²) in [4.78, 5) is 14.5. The van der Waals surface area contributed by atoms with Gasteiger partial charge in [0.05, 0.1) is 0 Å². The summed E-state index contributed by atoms with van der Waals surface area (Å²) >= 11 is 0. The average Bonchev–Trinajstić information content (AvgIpc) is 2.29. The number of amides is 1. The van der Waals surface area contributed by atoms with Crippen molar-refractivity contribution in [1.82, 2.24) is 10.2 Å². The van der Waals surface area contributed by atoms with Gasteiger partial charge in [-0.2, -0.15) is 0 Å². The Hall–Kier alpha value is -1.35. The van der Waals surface area contributed by atoms with Gasteiger partial charge in [-0.05, 0) is 32.4 Å². The SMILES string of the molecule is Cc1ccccc1C(=O)N1C(C)CNCC1C. The molecule has 0 spiro atoms. The minimum Gasteiger partial charge on any atom is -0.331 e. The highest BCUT2D eigenvalue weighted by Gasteiger charge is 2.29. The van der Waals surface area contributed by atoms with Crippen molar-refractivity contribution in [2.24, 2.45) is 0 Å². The second-order valence-electron chi connectivity index (χ2n) is 4.88. The highest BCUT2D eigenvalue weighted by atomic mass is 16.2. The van der Waals surface area contributed by atoms with Crippen LogP contribution in [-0.4, -0.2) is 36.0 Å². The Morgan fingerprint density at radius 1 is 1.24 bits per heavy atom. The number of rotatable bonds is 1. The highest BCUT2D eigenvalue weighted by molar-refractivity contribution is 5.96. The van der Waals surface area contributed by atoms with E-state index >= 15 is 0 Å². The summed E-state index contributed by atoms with van der Waals surface area (Å²) in [7, 11) is 0. The molecule has 1 amide bonds. The second kappa shape index (κ2) is 4.88. The fourth-order valence-electron chi connectivity index (χ4n) is 2.48. The number of benzene rings is 1. The first-order chi connectivity index (χ1) is 8.11. The van der Waals surface area contributed by atoms with Crippen LogP contribution in [-0.2, 0) is 0 Å². The molecular formula is C14H20N2O. The van der Waals surface area contributed by atoms with Crippen LogP contribution in [0, 0.1) is 6.92 Å². The summed E-state index contributed by atoms with van der Waals surface area (Å²) in [5, 5.41) is 3.34. The molecule has 0 bridgehead atoms. The third kappa shape index (κ3) is 2.34. The predicted molar refractivity (Wildman–Crippen MR) is 69.1 cm³/mol. The van der Waals surface area contributed by atoms with Gasteiger partial charge in [0.25, 0.3) is 5.91 Å². The number of hydrogen-bond donors (Lipinski definition) is 1. The van der Waals surface area contributed by atoms with Gasteiger partial charge in [-0.15, -0.1) is 0 Å². The van der Waals surface area contributed by atoms with Gasteiger partial charge in [-0.25, -0.2) is 0 Å². The molecule has 3 nitrogen and oxygen atoms in total. The lowest BCUT2D eigenvalue weighted by Crippen LogP contribution is -2.57. The third-order valence-electron chi connectivity index (χ3n) is 3.44. The fraction of sp³-hybridized carbons (Fsp3) is 0.500. The molecule has 1 aromatic carbocycles. The number of nitrogens with zero attached hydrogens (tertiary/aromatic N) is 1. The standard InChI is InChI=1S/C14H20N2O/c1-10-6-4-5-7-13(10)14(17)16-11(2)8-15-9-12(16)3/h4-7,11-12,15H,8-9H2,1-3H3. The van der Waals surface area contributed by atoms with Crippen LogP contribution in [0.3, 0.4) is 0 Å². The van der Waals surface area contributed by atoms with Crippen molar-refractivity contribution < 1.29 is 4.79 Å². The molecular weight excluding hydrogens is 212 g/mol. The molecule has 1 heterocycles. The van der Waals surface area contributed by atoms with Gasteiger partial charge >= 0.3 is 0 Å². The minimum absolute atomic E-state index is 0.157. The molecule has 92 valence electrons. The molecule has 2 atom stereocenters. The van der Waals surface area contributed by atoms with Crippen molar-refractivity contribution in [3.05, 3.63) is 35.4 Å². The zero-order chi connectivity index (χ0) is 12.4. The zero-order valence-corrected chi connectivity index (χ0v) is 10.7. The number of carbonyl (C=O) groups is 1. The summed E-state index contributed by atoms with van der Waals surface area (Å²) in [6.45, 7) is 7.94. The number of aryl methyl sites for hydroxylation is 1. The summed E-state index contributed by atoms with van der Waals surface area (Å²) in [6.07, 6.45) is 0. The number of hydrogen-bond acceptors (Lipinski definition) is 2. The van der Waals surface area contributed by atoms with E-state index in [-0.39, 0.29) is 18.0 Å². The fourth-order valence-corrected chi connectivity index (χ4v) is 2.48. The molecule has 3 heteroatoms. The van der Waals surface area contributed by atoms with Gasteiger partial charge in [0, 0.05) is 30.7 Å². The Bertz CT molecular complexity index is 406. The number of carbonyl (C=O) groups excluding carboxylic acids is 1. The normalized spacial score (nSPS) is 24.8. The first kappa shape index (κ1) is 12.1. The van der Waals surface area contributed by atoms with Crippen molar-refractivity contribution in [2.75, 3.05) is 13.1 Å². The third-order valence-corrected chi connectivity index (χ3v) is 3.44. The Balaban J connectivity index is 2.27. The van der Waals surface area contributed by atoms with E-state index in [1.165, 1.54) is 0 Å². The summed E-state index contributed by atoms with van der Waals surface area (Å²) < 4.78 is 0. The van der Waals surface area contributed by atoms with E-state index in [1.807, 2.05) is 36.1 Å². The lowest BCUT2D eigenvalue weighted by molar-refractivity contribution is 0.0544. The molecule has 2 unspecified atom stereocenters. The zero-order valence-electron chi connectivity index (χ0n) is 10.7. The van der Waals surface area contributed by atoms with E-state index in [0.717, 1.165) is 24.2 Å². The van der Waals surface area contributed by atoms with Crippen LogP contribution in [0.4, 0.5) is 0 Å². The van der Waals surface area contributed by atoms with Gasteiger partial charge in [-0.3, -0.25) is 4.79 Å².